The van der Waals surface area contributed by atoms with Gasteiger partial charge in [-0.05, 0) is 31.9 Å². The van der Waals surface area contributed by atoms with Crippen molar-refractivity contribution in [3.8, 4) is 16.9 Å². The monoisotopic (exact) mass is 448 g/mol. The molecule has 0 spiro atoms. The average molecular weight is 449 g/mol. The van der Waals surface area contributed by atoms with Gasteiger partial charge in [0.25, 0.3) is 5.91 Å². The summed E-state index contributed by atoms with van der Waals surface area (Å²) in [5.41, 5.74) is 3.83. The molecule has 0 saturated heterocycles. The summed E-state index contributed by atoms with van der Waals surface area (Å²) < 4.78 is 5.50. The number of ether oxygens (including phenoxy) is 1. The van der Waals surface area contributed by atoms with Crippen LogP contribution in [0, 0.1) is 12.8 Å². The van der Waals surface area contributed by atoms with Crippen LogP contribution in [0.1, 0.15) is 39.5 Å². The molecule has 2 aliphatic rings. The SMILES string of the molecule is COc1ccccc1-c1cc(C)ncc1C(=O)Nc1nc2c(s1)CN(C(=O)C1CC1)CC2. The molecule has 2 amide bonds. The molecular formula is C24H24N4O3S. The number of hydrogen-bond acceptors (Lipinski definition) is 6. The lowest BCUT2D eigenvalue weighted by Crippen LogP contribution is -2.36. The number of carbonyl (C=O) groups is 2. The van der Waals surface area contributed by atoms with Crippen LogP contribution in [-0.2, 0) is 17.8 Å². The molecule has 0 atom stereocenters. The molecule has 0 radical (unpaired) electrons. The normalized spacial score (nSPS) is 15.2. The Morgan fingerprint density at radius 2 is 2.03 bits per heavy atom. The Hall–Kier alpha value is -3.26. The number of fused-ring (bicyclic) bond motifs is 1. The van der Waals surface area contributed by atoms with Gasteiger partial charge in [-0.15, -0.1) is 0 Å². The quantitative estimate of drug-likeness (QED) is 0.636. The summed E-state index contributed by atoms with van der Waals surface area (Å²) in [7, 11) is 1.62. The van der Waals surface area contributed by atoms with Gasteiger partial charge in [0.2, 0.25) is 5.91 Å². The molecule has 5 rings (SSSR count). The zero-order valence-electron chi connectivity index (χ0n) is 18.1. The third kappa shape index (κ3) is 3.98. The first-order valence-electron chi connectivity index (χ1n) is 10.7. The van der Waals surface area contributed by atoms with Gasteiger partial charge in [-0.25, -0.2) is 4.98 Å². The second-order valence-corrected chi connectivity index (χ2v) is 9.28. The number of hydrogen-bond donors (Lipinski definition) is 1. The average Bonchev–Trinajstić information content (AvgIpc) is 3.58. The Kier molecular flexibility index (Phi) is 5.38. The number of para-hydroxylation sites is 1. The van der Waals surface area contributed by atoms with Crippen LogP contribution in [0.25, 0.3) is 11.1 Å². The molecule has 1 aromatic carbocycles. The van der Waals surface area contributed by atoms with Crippen molar-refractivity contribution in [3.05, 3.63) is 58.4 Å². The van der Waals surface area contributed by atoms with Crippen LogP contribution in [0.5, 0.6) is 5.75 Å². The second-order valence-electron chi connectivity index (χ2n) is 8.20. The van der Waals surface area contributed by atoms with Gasteiger partial charge in [-0.1, -0.05) is 29.5 Å². The van der Waals surface area contributed by atoms with Crippen molar-refractivity contribution in [3.63, 3.8) is 0 Å². The fourth-order valence-corrected chi connectivity index (χ4v) is 5.04. The van der Waals surface area contributed by atoms with E-state index in [2.05, 4.69) is 15.3 Å². The first-order chi connectivity index (χ1) is 15.5. The summed E-state index contributed by atoms with van der Waals surface area (Å²) in [6.45, 7) is 3.17. The maximum Gasteiger partial charge on any atom is 0.259 e. The van der Waals surface area contributed by atoms with Crippen molar-refractivity contribution in [2.75, 3.05) is 19.0 Å². The third-order valence-electron chi connectivity index (χ3n) is 5.87. The highest BCUT2D eigenvalue weighted by molar-refractivity contribution is 7.15. The van der Waals surface area contributed by atoms with E-state index in [1.165, 1.54) is 11.3 Å². The summed E-state index contributed by atoms with van der Waals surface area (Å²) >= 11 is 1.44. The molecule has 0 unspecified atom stereocenters. The minimum atomic E-state index is -0.268. The van der Waals surface area contributed by atoms with Crippen LogP contribution in [0.15, 0.2) is 36.5 Å². The molecule has 7 nitrogen and oxygen atoms in total. The van der Waals surface area contributed by atoms with E-state index >= 15 is 0 Å². The Labute approximate surface area is 190 Å². The summed E-state index contributed by atoms with van der Waals surface area (Å²) in [4.78, 5) is 37.6. The number of anilines is 1. The smallest absolute Gasteiger partial charge is 0.259 e. The molecule has 1 aliphatic heterocycles. The first kappa shape index (κ1) is 20.6. The van der Waals surface area contributed by atoms with Gasteiger partial charge in [0, 0.05) is 46.8 Å². The van der Waals surface area contributed by atoms with Crippen molar-refractivity contribution in [1.29, 1.82) is 0 Å². The van der Waals surface area contributed by atoms with Crippen molar-refractivity contribution >= 4 is 28.3 Å². The van der Waals surface area contributed by atoms with Crippen LogP contribution in [0.4, 0.5) is 5.13 Å². The molecule has 1 N–H and O–H groups in total. The number of aryl methyl sites for hydroxylation is 1. The number of carbonyl (C=O) groups excluding carboxylic acids is 2. The zero-order chi connectivity index (χ0) is 22.2. The lowest BCUT2D eigenvalue weighted by atomic mass is 9.99. The minimum absolute atomic E-state index is 0.214. The molecule has 2 aromatic heterocycles. The Morgan fingerprint density at radius 3 is 2.81 bits per heavy atom. The summed E-state index contributed by atoms with van der Waals surface area (Å²) in [6, 6.07) is 9.50. The predicted octanol–water partition coefficient (Wildman–Crippen LogP) is 4.07. The van der Waals surface area contributed by atoms with E-state index in [0.29, 0.717) is 29.5 Å². The topological polar surface area (TPSA) is 84.4 Å². The number of amides is 2. The van der Waals surface area contributed by atoms with Gasteiger partial charge in [0.1, 0.15) is 5.75 Å². The summed E-state index contributed by atoms with van der Waals surface area (Å²) in [5.74, 6) is 0.889. The van der Waals surface area contributed by atoms with E-state index in [1.807, 2.05) is 42.2 Å². The molecule has 1 fully saturated rings. The number of aromatic nitrogens is 2. The highest BCUT2D eigenvalue weighted by Gasteiger charge is 2.35. The Balaban J connectivity index is 1.39. The largest absolute Gasteiger partial charge is 0.496 e. The van der Waals surface area contributed by atoms with Crippen molar-refractivity contribution in [2.24, 2.45) is 5.92 Å². The molecule has 1 aliphatic carbocycles. The van der Waals surface area contributed by atoms with E-state index in [0.717, 1.165) is 46.7 Å². The van der Waals surface area contributed by atoms with Gasteiger partial charge < -0.3 is 9.64 Å². The van der Waals surface area contributed by atoms with Gasteiger partial charge in [-0.2, -0.15) is 0 Å². The summed E-state index contributed by atoms with van der Waals surface area (Å²) in [5, 5.41) is 3.49. The van der Waals surface area contributed by atoms with Crippen molar-refractivity contribution in [1.82, 2.24) is 14.9 Å². The molecule has 3 aromatic rings. The van der Waals surface area contributed by atoms with Gasteiger partial charge in [-0.3, -0.25) is 19.9 Å². The van der Waals surface area contributed by atoms with Crippen molar-refractivity contribution in [2.45, 2.75) is 32.7 Å². The third-order valence-corrected chi connectivity index (χ3v) is 6.87. The molecule has 32 heavy (non-hydrogen) atoms. The maximum absolute atomic E-state index is 13.2. The lowest BCUT2D eigenvalue weighted by Gasteiger charge is -2.26. The number of thiazole rings is 1. The standard InChI is InChI=1S/C24H24N4O3S/c1-14-11-17(16-5-3-4-6-20(16)31-2)18(12-25-14)22(29)27-24-26-19-9-10-28(13-21(19)32-24)23(30)15-7-8-15/h3-6,11-12,15H,7-10,13H2,1-2H3,(H,26,27,29). The highest BCUT2D eigenvalue weighted by atomic mass is 32.1. The number of methoxy groups -OCH3 is 1. The van der Waals surface area contributed by atoms with E-state index in [4.69, 9.17) is 4.74 Å². The predicted molar refractivity (Wildman–Crippen MR) is 123 cm³/mol. The number of nitrogens with zero attached hydrogens (tertiary/aromatic N) is 3. The second kappa shape index (κ2) is 8.35. The van der Waals surface area contributed by atoms with E-state index in [-0.39, 0.29) is 17.7 Å². The number of pyridine rings is 1. The van der Waals surface area contributed by atoms with E-state index < -0.39 is 0 Å². The van der Waals surface area contributed by atoms with Crippen LogP contribution >= 0.6 is 11.3 Å². The van der Waals surface area contributed by atoms with Crippen LogP contribution in [-0.4, -0.2) is 40.3 Å². The van der Waals surface area contributed by atoms with E-state index in [9.17, 15) is 9.59 Å². The maximum atomic E-state index is 13.2. The van der Waals surface area contributed by atoms with E-state index in [1.54, 1.807) is 13.3 Å². The van der Waals surface area contributed by atoms with Crippen molar-refractivity contribution < 1.29 is 14.3 Å². The Bertz CT molecular complexity index is 1200. The number of benzene rings is 1. The number of rotatable bonds is 5. The highest BCUT2D eigenvalue weighted by Crippen LogP contribution is 2.36. The number of nitrogens with one attached hydrogen (secondary N) is 1. The van der Waals surface area contributed by atoms with Gasteiger partial charge in [0.05, 0.1) is 24.9 Å². The first-order valence-corrected chi connectivity index (χ1v) is 11.5. The Morgan fingerprint density at radius 1 is 1.22 bits per heavy atom. The van der Waals surface area contributed by atoms with Crippen LogP contribution < -0.4 is 10.1 Å². The van der Waals surface area contributed by atoms with Crippen LogP contribution in [0.2, 0.25) is 0 Å². The minimum Gasteiger partial charge on any atom is -0.496 e. The van der Waals surface area contributed by atoms with Crippen LogP contribution in [0.3, 0.4) is 0 Å². The zero-order valence-corrected chi connectivity index (χ0v) is 18.9. The fourth-order valence-electron chi connectivity index (χ4n) is 4.02. The van der Waals surface area contributed by atoms with Gasteiger partial charge in [0.15, 0.2) is 5.13 Å². The molecule has 3 heterocycles. The molecular weight excluding hydrogens is 424 g/mol. The summed E-state index contributed by atoms with van der Waals surface area (Å²) in [6.07, 6.45) is 4.32. The lowest BCUT2D eigenvalue weighted by molar-refractivity contribution is -0.133. The molecule has 8 heteroatoms. The van der Waals surface area contributed by atoms with Gasteiger partial charge >= 0.3 is 0 Å². The fraction of sp³-hybridized carbons (Fsp3) is 0.333. The molecule has 0 bridgehead atoms. The molecule has 1 saturated carbocycles. The molecule has 164 valence electrons.